The van der Waals surface area contributed by atoms with Crippen LogP contribution in [0.4, 0.5) is 5.95 Å². The normalized spacial score (nSPS) is 22.1. The first-order valence-corrected chi connectivity index (χ1v) is 10.8. The molecular formula is C18H27N4O3P. The Morgan fingerprint density at radius 1 is 1.46 bits per heavy atom. The molecule has 7 nitrogen and oxygen atoms in total. The third-order valence-electron chi connectivity index (χ3n) is 5.03. The summed E-state index contributed by atoms with van der Waals surface area (Å²) in [5.41, 5.74) is 1.65. The summed E-state index contributed by atoms with van der Waals surface area (Å²) in [5, 5.41) is 13.2. The lowest BCUT2D eigenvalue weighted by molar-refractivity contribution is 0.372. The van der Waals surface area contributed by atoms with E-state index in [4.69, 9.17) is 4.74 Å². The number of nitrogens with zero attached hydrogens (tertiary/aromatic N) is 2. The molecule has 2 atom stereocenters. The second kappa shape index (κ2) is 7.72. The van der Waals surface area contributed by atoms with Gasteiger partial charge in [0.2, 0.25) is 0 Å². The van der Waals surface area contributed by atoms with Gasteiger partial charge < -0.3 is 24.7 Å². The van der Waals surface area contributed by atoms with Gasteiger partial charge in [-0.3, -0.25) is 4.67 Å². The van der Waals surface area contributed by atoms with Gasteiger partial charge in [-0.1, -0.05) is 6.07 Å². The maximum atomic E-state index is 13.9. The molecule has 1 fully saturated rings. The lowest BCUT2D eigenvalue weighted by Crippen LogP contribution is -2.29. The average molecular weight is 378 g/mol. The van der Waals surface area contributed by atoms with Crippen LogP contribution in [0.1, 0.15) is 29.8 Å². The highest BCUT2D eigenvalue weighted by molar-refractivity contribution is 7.62. The SMILES string of the molecule is COc1cc(C(CNc2ncc(C)[nH]2)P2(=O)CCCCN2C)ccc1O. The van der Waals surface area contributed by atoms with Crippen molar-refractivity contribution in [2.75, 3.05) is 38.7 Å². The Kier molecular flexibility index (Phi) is 5.58. The number of aromatic hydroxyl groups is 1. The van der Waals surface area contributed by atoms with Crippen LogP contribution in [0.2, 0.25) is 0 Å². The molecule has 3 N–H and O–H groups in total. The first-order valence-electron chi connectivity index (χ1n) is 8.87. The van der Waals surface area contributed by atoms with Crippen molar-refractivity contribution >= 4 is 13.2 Å². The van der Waals surface area contributed by atoms with Gasteiger partial charge >= 0.3 is 0 Å². The van der Waals surface area contributed by atoms with Gasteiger partial charge in [-0.25, -0.2) is 4.98 Å². The predicted octanol–water partition coefficient (Wildman–Crippen LogP) is 3.59. The number of aromatic amines is 1. The summed E-state index contributed by atoms with van der Waals surface area (Å²) in [5.74, 6) is 1.15. The zero-order chi connectivity index (χ0) is 18.7. The van der Waals surface area contributed by atoms with E-state index in [9.17, 15) is 9.67 Å². The Labute approximate surface area is 154 Å². The molecule has 142 valence electrons. The minimum absolute atomic E-state index is 0.0832. The molecule has 0 amide bonds. The largest absolute Gasteiger partial charge is 0.504 e. The van der Waals surface area contributed by atoms with E-state index in [1.165, 1.54) is 7.11 Å². The Hall–Kier alpha value is -1.98. The van der Waals surface area contributed by atoms with Crippen molar-refractivity contribution in [1.29, 1.82) is 0 Å². The number of anilines is 1. The van der Waals surface area contributed by atoms with E-state index in [-0.39, 0.29) is 11.4 Å². The summed E-state index contributed by atoms with van der Waals surface area (Å²) >= 11 is 0. The summed E-state index contributed by atoms with van der Waals surface area (Å²) < 4.78 is 21.2. The van der Waals surface area contributed by atoms with Gasteiger partial charge in [-0.15, -0.1) is 0 Å². The maximum absolute atomic E-state index is 13.9. The number of methoxy groups -OCH3 is 1. The molecule has 2 heterocycles. The zero-order valence-electron chi connectivity index (χ0n) is 15.5. The van der Waals surface area contributed by atoms with Crippen molar-refractivity contribution in [2.24, 2.45) is 0 Å². The smallest absolute Gasteiger partial charge is 0.200 e. The zero-order valence-corrected chi connectivity index (χ0v) is 16.4. The van der Waals surface area contributed by atoms with Crippen molar-refractivity contribution in [1.82, 2.24) is 14.6 Å². The molecule has 1 aromatic carbocycles. The number of phenols is 1. The fraction of sp³-hybridized carbons (Fsp3) is 0.500. The van der Waals surface area contributed by atoms with Crippen molar-refractivity contribution < 1.29 is 14.4 Å². The minimum Gasteiger partial charge on any atom is -0.504 e. The molecule has 2 unspecified atom stereocenters. The predicted molar refractivity (Wildman–Crippen MR) is 104 cm³/mol. The maximum Gasteiger partial charge on any atom is 0.200 e. The van der Waals surface area contributed by atoms with Crippen LogP contribution in [0.3, 0.4) is 0 Å². The number of phenolic OH excluding ortho intramolecular Hbond substituents is 1. The summed E-state index contributed by atoms with van der Waals surface area (Å²) in [6.07, 6.45) is 4.48. The van der Waals surface area contributed by atoms with Gasteiger partial charge in [0.25, 0.3) is 0 Å². The number of rotatable bonds is 6. The van der Waals surface area contributed by atoms with Gasteiger partial charge in [0.15, 0.2) is 24.7 Å². The number of aromatic nitrogens is 2. The van der Waals surface area contributed by atoms with Crippen LogP contribution in [0.25, 0.3) is 0 Å². The summed E-state index contributed by atoms with van der Waals surface area (Å²) in [4.78, 5) is 7.43. The molecule has 0 radical (unpaired) electrons. The molecule has 26 heavy (non-hydrogen) atoms. The van der Waals surface area contributed by atoms with Crippen LogP contribution >= 0.6 is 7.29 Å². The average Bonchev–Trinajstić information content (AvgIpc) is 3.04. The van der Waals surface area contributed by atoms with Crippen LogP contribution in [0.15, 0.2) is 24.4 Å². The van der Waals surface area contributed by atoms with E-state index < -0.39 is 7.29 Å². The highest BCUT2D eigenvalue weighted by Crippen LogP contribution is 2.63. The third kappa shape index (κ3) is 3.74. The first-order chi connectivity index (χ1) is 12.4. The number of aryl methyl sites for hydroxylation is 1. The molecule has 0 spiro atoms. The van der Waals surface area contributed by atoms with Crippen LogP contribution in [-0.2, 0) is 4.57 Å². The Morgan fingerprint density at radius 3 is 2.92 bits per heavy atom. The van der Waals surface area contributed by atoms with Crippen molar-refractivity contribution in [3.05, 3.63) is 35.7 Å². The number of benzene rings is 1. The van der Waals surface area contributed by atoms with E-state index >= 15 is 0 Å². The lowest BCUT2D eigenvalue weighted by Gasteiger charge is -2.38. The quantitative estimate of drug-likeness (QED) is 0.666. The standard InChI is InChI=1S/C18H27N4O3P/c1-13-11-19-18(21-13)20-12-17(26(24)9-5-4-8-22(26)2)14-6-7-15(23)16(10-14)25-3/h6-7,10-11,17,23H,4-5,8-9,12H2,1-3H3,(H2,19,20,21). The van der Waals surface area contributed by atoms with Crippen LogP contribution in [0.5, 0.6) is 11.5 Å². The third-order valence-corrected chi connectivity index (χ3v) is 8.80. The van der Waals surface area contributed by atoms with E-state index in [1.807, 2.05) is 24.7 Å². The van der Waals surface area contributed by atoms with Gasteiger partial charge in [0, 0.05) is 31.1 Å². The summed E-state index contributed by atoms with van der Waals surface area (Å²) in [6, 6.07) is 5.23. The van der Waals surface area contributed by atoms with E-state index in [0.717, 1.165) is 30.6 Å². The second-order valence-electron chi connectivity index (χ2n) is 6.81. The van der Waals surface area contributed by atoms with Crippen molar-refractivity contribution in [3.63, 3.8) is 0 Å². The summed E-state index contributed by atoms with van der Waals surface area (Å²) in [6.45, 7) is 3.27. The highest BCUT2D eigenvalue weighted by atomic mass is 31.2. The van der Waals surface area contributed by atoms with Crippen LogP contribution in [-0.4, -0.2) is 53.2 Å². The molecule has 0 aliphatic carbocycles. The fourth-order valence-electron chi connectivity index (χ4n) is 3.50. The van der Waals surface area contributed by atoms with E-state index in [1.54, 1.807) is 18.3 Å². The lowest BCUT2D eigenvalue weighted by atomic mass is 10.1. The molecule has 0 bridgehead atoms. The number of nitrogens with one attached hydrogen (secondary N) is 2. The Morgan fingerprint density at radius 2 is 2.27 bits per heavy atom. The first kappa shape index (κ1) is 18.8. The van der Waals surface area contributed by atoms with E-state index in [2.05, 4.69) is 15.3 Å². The van der Waals surface area contributed by atoms with E-state index in [0.29, 0.717) is 24.4 Å². The number of imidazole rings is 1. The molecule has 2 aromatic rings. The molecule has 1 aliphatic heterocycles. The fourth-order valence-corrected chi connectivity index (χ4v) is 6.79. The summed E-state index contributed by atoms with van der Waals surface area (Å²) in [7, 11) is 0.846. The van der Waals surface area contributed by atoms with Crippen molar-refractivity contribution in [3.8, 4) is 11.5 Å². The van der Waals surface area contributed by atoms with Gasteiger partial charge in [0.05, 0.1) is 12.8 Å². The molecule has 8 heteroatoms. The molecule has 1 aromatic heterocycles. The van der Waals surface area contributed by atoms with Crippen LogP contribution < -0.4 is 10.1 Å². The highest BCUT2D eigenvalue weighted by Gasteiger charge is 2.39. The topological polar surface area (TPSA) is 90.5 Å². The van der Waals surface area contributed by atoms with Gasteiger partial charge in [-0.2, -0.15) is 0 Å². The van der Waals surface area contributed by atoms with Crippen molar-refractivity contribution in [2.45, 2.75) is 25.4 Å². The molecule has 1 saturated heterocycles. The second-order valence-corrected chi connectivity index (χ2v) is 10.1. The molecule has 0 saturated carbocycles. The Balaban J connectivity index is 1.94. The number of hydrogen-bond acceptors (Lipinski definition) is 5. The Bertz CT molecular complexity index is 807. The molecular weight excluding hydrogens is 351 g/mol. The molecule has 3 rings (SSSR count). The minimum atomic E-state index is -2.62. The molecule has 1 aliphatic rings. The van der Waals surface area contributed by atoms with Crippen LogP contribution in [0, 0.1) is 6.92 Å². The van der Waals surface area contributed by atoms with Gasteiger partial charge in [0.1, 0.15) is 0 Å². The van der Waals surface area contributed by atoms with Gasteiger partial charge in [-0.05, 0) is 44.5 Å². The number of hydrogen-bond donors (Lipinski definition) is 3. The number of ether oxygens (including phenoxy) is 1. The monoisotopic (exact) mass is 378 g/mol. The number of H-pyrrole nitrogens is 1.